The van der Waals surface area contributed by atoms with Crippen LogP contribution in [0.4, 0.5) is 0 Å². The van der Waals surface area contributed by atoms with Gasteiger partial charge in [0.15, 0.2) is 0 Å². The molecule has 0 heterocycles. The molecule has 6 heteroatoms. The van der Waals surface area contributed by atoms with Gasteiger partial charge in [-0.15, -0.1) is 0 Å². The van der Waals surface area contributed by atoms with Crippen molar-refractivity contribution in [3.8, 4) is 0 Å². The van der Waals surface area contributed by atoms with Gasteiger partial charge in [-0.25, -0.2) is 9.59 Å². The number of aliphatic hydroxyl groups excluding tert-OH is 1. The number of aliphatic hydroxyl groups is 1. The van der Waals surface area contributed by atoms with E-state index in [0.717, 1.165) is 18.5 Å². The lowest BCUT2D eigenvalue weighted by Crippen LogP contribution is -2.12. The van der Waals surface area contributed by atoms with Gasteiger partial charge in [-0.3, -0.25) is 0 Å². The number of hydrogen-bond donors (Lipinski definition) is 3. The second-order valence-corrected chi connectivity index (χ2v) is 6.78. The van der Waals surface area contributed by atoms with Gasteiger partial charge in [-0.05, 0) is 48.3 Å². The van der Waals surface area contributed by atoms with E-state index in [-0.39, 0.29) is 0 Å². The molecule has 1 unspecified atom stereocenters. The summed E-state index contributed by atoms with van der Waals surface area (Å²) in [5.41, 5.74) is 5.94. The van der Waals surface area contributed by atoms with Gasteiger partial charge in [0.2, 0.25) is 0 Å². The Hall–Kier alpha value is -2.96. The van der Waals surface area contributed by atoms with Gasteiger partial charge in [0.25, 0.3) is 0 Å². The van der Waals surface area contributed by atoms with Crippen LogP contribution in [0.2, 0.25) is 0 Å². The van der Waals surface area contributed by atoms with Gasteiger partial charge in [0.05, 0.1) is 6.10 Å². The maximum atomic E-state index is 10.6. The predicted octanol–water partition coefficient (Wildman–Crippen LogP) is 2.82. The van der Waals surface area contributed by atoms with Crippen molar-refractivity contribution in [2.75, 3.05) is 20.6 Å². The lowest BCUT2D eigenvalue weighted by Gasteiger charge is -2.14. The highest BCUT2D eigenvalue weighted by Gasteiger charge is 2.22. The summed E-state index contributed by atoms with van der Waals surface area (Å²) in [5.74, 6) is -3.65. The van der Waals surface area contributed by atoms with E-state index in [4.69, 9.17) is 19.8 Å². The van der Waals surface area contributed by atoms with Crippen LogP contribution < -0.4 is 0 Å². The van der Waals surface area contributed by atoms with E-state index in [1.807, 2.05) is 12.1 Å². The van der Waals surface area contributed by atoms with Crippen LogP contribution in [0, 0.1) is 0 Å². The Morgan fingerprint density at radius 2 is 1.57 bits per heavy atom. The van der Waals surface area contributed by atoms with Crippen LogP contribution in [0.25, 0.3) is 5.57 Å². The third kappa shape index (κ3) is 5.52. The molecule has 148 valence electrons. The van der Waals surface area contributed by atoms with Gasteiger partial charge in [0.1, 0.15) is 0 Å². The van der Waals surface area contributed by atoms with Gasteiger partial charge >= 0.3 is 11.9 Å². The van der Waals surface area contributed by atoms with Crippen molar-refractivity contribution in [2.24, 2.45) is 0 Å². The number of rotatable bonds is 3. The van der Waals surface area contributed by atoms with Crippen molar-refractivity contribution in [1.82, 2.24) is 4.90 Å². The molecule has 1 aliphatic rings. The van der Waals surface area contributed by atoms with Crippen molar-refractivity contribution in [2.45, 2.75) is 18.9 Å². The third-order valence-corrected chi connectivity index (χ3v) is 4.44. The molecule has 0 fully saturated rings. The smallest absolute Gasteiger partial charge is 0.414 e. The number of carboxylic acid groups (broad SMARTS) is 2. The molecule has 0 aromatic heterocycles. The number of carbonyl (C=O) groups is 2. The average Bonchev–Trinajstić information content (AvgIpc) is 2.77. The van der Waals surface area contributed by atoms with Crippen molar-refractivity contribution in [3.63, 3.8) is 0 Å². The Bertz CT molecular complexity index is 861. The first-order valence-corrected chi connectivity index (χ1v) is 8.98. The minimum absolute atomic E-state index is 0.433. The molecule has 0 aliphatic heterocycles. The van der Waals surface area contributed by atoms with E-state index in [1.165, 1.54) is 22.3 Å². The Kier molecular flexibility index (Phi) is 7.49. The van der Waals surface area contributed by atoms with Gasteiger partial charge in [0, 0.05) is 13.0 Å². The molecule has 3 N–H and O–H groups in total. The maximum Gasteiger partial charge on any atom is 0.414 e. The molecule has 2 aromatic rings. The summed E-state index contributed by atoms with van der Waals surface area (Å²) in [6.45, 7) is 1.02. The molecule has 6 nitrogen and oxygen atoms in total. The highest BCUT2D eigenvalue weighted by atomic mass is 16.4. The predicted molar refractivity (Wildman–Crippen MR) is 107 cm³/mol. The number of benzene rings is 2. The molecule has 0 saturated heterocycles. The normalized spacial score (nSPS) is 16.4. The summed E-state index contributed by atoms with van der Waals surface area (Å²) >= 11 is 0. The summed E-state index contributed by atoms with van der Waals surface area (Å²) in [4.78, 5) is 20.4. The molecule has 1 aliphatic carbocycles. The molecular formula is C22H25NO5. The number of fused-ring (bicyclic) bond motifs is 2. The first-order chi connectivity index (χ1) is 13.3. The second kappa shape index (κ2) is 9.82. The van der Waals surface area contributed by atoms with Crippen molar-refractivity contribution < 1.29 is 24.9 Å². The minimum Gasteiger partial charge on any atom is -0.473 e. The number of hydrogen-bond acceptors (Lipinski definition) is 4. The molecule has 0 amide bonds. The zero-order valence-corrected chi connectivity index (χ0v) is 16.0. The third-order valence-electron chi connectivity index (χ3n) is 4.44. The van der Waals surface area contributed by atoms with Crippen LogP contribution in [0.5, 0.6) is 0 Å². The number of carboxylic acids is 2. The quantitative estimate of drug-likeness (QED) is 0.705. The summed E-state index contributed by atoms with van der Waals surface area (Å²) in [5, 5.41) is 25.4. The van der Waals surface area contributed by atoms with Crippen molar-refractivity contribution in [1.29, 1.82) is 0 Å². The maximum absolute atomic E-state index is 10.6. The van der Waals surface area contributed by atoms with Crippen LogP contribution in [0.1, 0.15) is 34.8 Å². The topological polar surface area (TPSA) is 98.1 Å². The lowest BCUT2D eigenvalue weighted by molar-refractivity contribution is -0.159. The van der Waals surface area contributed by atoms with Crippen LogP contribution in [0.15, 0.2) is 54.6 Å². The molecule has 1 atom stereocenters. The van der Waals surface area contributed by atoms with E-state index in [0.29, 0.717) is 6.42 Å². The van der Waals surface area contributed by atoms with Crippen molar-refractivity contribution >= 4 is 17.5 Å². The summed E-state index contributed by atoms with van der Waals surface area (Å²) in [6, 6.07) is 16.7. The Labute approximate surface area is 164 Å². The fourth-order valence-corrected chi connectivity index (χ4v) is 3.14. The fourth-order valence-electron chi connectivity index (χ4n) is 3.14. The molecular weight excluding hydrogens is 358 g/mol. The highest BCUT2D eigenvalue weighted by Crippen LogP contribution is 2.37. The average molecular weight is 383 g/mol. The van der Waals surface area contributed by atoms with E-state index >= 15 is 0 Å². The fraction of sp³-hybridized carbons (Fsp3) is 0.273. The van der Waals surface area contributed by atoms with Crippen molar-refractivity contribution in [3.05, 3.63) is 76.9 Å². The largest absolute Gasteiger partial charge is 0.473 e. The zero-order valence-electron chi connectivity index (χ0n) is 16.0. The highest BCUT2D eigenvalue weighted by molar-refractivity contribution is 6.27. The molecule has 0 saturated carbocycles. The van der Waals surface area contributed by atoms with E-state index in [2.05, 4.69) is 61.5 Å². The SMILES string of the molecule is CN(C)CCC=C1c2ccccc2CC(O)c2ccccc21.O=C(O)C(=O)O. The standard InChI is InChI=1S/C20H23NO.C2H2O4/c1-21(2)13-7-12-17-16-9-4-3-8-15(16)14-20(22)19-11-6-5-10-18(17)19;3-1(4)2(5)6/h3-6,8-12,20,22H,7,13-14H2,1-2H3;(H,3,4)(H,5,6). The Morgan fingerprint density at radius 1 is 1.00 bits per heavy atom. The van der Waals surface area contributed by atoms with Crippen LogP contribution >= 0.6 is 0 Å². The molecule has 28 heavy (non-hydrogen) atoms. The first-order valence-electron chi connectivity index (χ1n) is 8.98. The monoisotopic (exact) mass is 383 g/mol. The van der Waals surface area contributed by atoms with Crippen LogP contribution in [-0.2, 0) is 16.0 Å². The molecule has 0 bridgehead atoms. The van der Waals surface area contributed by atoms with Gasteiger partial charge < -0.3 is 20.2 Å². The zero-order chi connectivity index (χ0) is 20.7. The number of nitrogens with zero attached hydrogens (tertiary/aromatic N) is 1. The Morgan fingerprint density at radius 3 is 2.18 bits per heavy atom. The van der Waals surface area contributed by atoms with E-state index in [9.17, 15) is 5.11 Å². The number of aliphatic carboxylic acids is 2. The van der Waals surface area contributed by atoms with Gasteiger partial charge in [-0.2, -0.15) is 0 Å². The second-order valence-electron chi connectivity index (χ2n) is 6.78. The van der Waals surface area contributed by atoms with Crippen LogP contribution in [-0.4, -0.2) is 52.8 Å². The lowest BCUT2D eigenvalue weighted by atomic mass is 9.93. The van der Waals surface area contributed by atoms with Gasteiger partial charge in [-0.1, -0.05) is 54.6 Å². The summed E-state index contributed by atoms with van der Waals surface area (Å²) in [7, 11) is 4.19. The Balaban J connectivity index is 0.000000409. The first kappa shape index (κ1) is 21.3. The van der Waals surface area contributed by atoms with Crippen LogP contribution in [0.3, 0.4) is 0 Å². The molecule has 2 aromatic carbocycles. The summed E-state index contributed by atoms with van der Waals surface area (Å²) in [6.07, 6.45) is 3.56. The molecule has 3 rings (SSSR count). The molecule has 0 radical (unpaired) electrons. The van der Waals surface area contributed by atoms with E-state index in [1.54, 1.807) is 0 Å². The summed E-state index contributed by atoms with van der Waals surface area (Å²) < 4.78 is 0. The minimum atomic E-state index is -1.82. The van der Waals surface area contributed by atoms with E-state index < -0.39 is 18.0 Å². The molecule has 0 spiro atoms.